The van der Waals surface area contributed by atoms with Crippen LogP contribution < -0.4 is 4.90 Å². The lowest BCUT2D eigenvalue weighted by Crippen LogP contribution is -2.34. The van der Waals surface area contributed by atoms with E-state index in [4.69, 9.17) is 0 Å². The third-order valence-corrected chi connectivity index (χ3v) is 4.60. The second-order valence-electron chi connectivity index (χ2n) is 6.04. The number of anilines is 1. The van der Waals surface area contributed by atoms with Gasteiger partial charge in [0.1, 0.15) is 0 Å². The van der Waals surface area contributed by atoms with Crippen molar-refractivity contribution in [3.05, 3.63) is 29.8 Å². The average Bonchev–Trinajstić information content (AvgIpc) is 2.46. The third-order valence-electron chi connectivity index (χ3n) is 4.60. The fraction of sp³-hybridized carbons (Fsp3) is 0.647. The molecule has 0 unspecified atom stereocenters. The molecule has 0 amide bonds. The summed E-state index contributed by atoms with van der Waals surface area (Å²) in [6, 6.07) is 9.09. The molecule has 2 rings (SSSR count). The van der Waals surface area contributed by atoms with E-state index in [0.29, 0.717) is 6.04 Å². The molecule has 1 aliphatic rings. The van der Waals surface area contributed by atoms with Crippen LogP contribution in [0.3, 0.4) is 0 Å². The van der Waals surface area contributed by atoms with Crippen molar-refractivity contribution in [2.75, 3.05) is 11.9 Å². The molecule has 0 aromatic heterocycles. The minimum Gasteiger partial charge on any atom is -0.388 e. The highest BCUT2D eigenvalue weighted by Crippen LogP contribution is 2.30. The van der Waals surface area contributed by atoms with Gasteiger partial charge < -0.3 is 10.0 Å². The van der Waals surface area contributed by atoms with Crippen LogP contribution in [0.15, 0.2) is 24.3 Å². The van der Waals surface area contributed by atoms with Gasteiger partial charge in [-0.3, -0.25) is 0 Å². The fourth-order valence-electron chi connectivity index (χ4n) is 3.01. The summed E-state index contributed by atoms with van der Waals surface area (Å²) in [7, 11) is 2.20. The molecule has 0 spiro atoms. The molecule has 19 heavy (non-hydrogen) atoms. The van der Waals surface area contributed by atoms with Gasteiger partial charge in [0.2, 0.25) is 0 Å². The maximum Gasteiger partial charge on any atom is 0.0787 e. The summed E-state index contributed by atoms with van der Waals surface area (Å²) >= 11 is 0. The Morgan fingerprint density at radius 3 is 2.26 bits per heavy atom. The molecule has 0 radical (unpaired) electrons. The number of nitrogens with zero attached hydrogens (tertiary/aromatic N) is 1. The topological polar surface area (TPSA) is 23.5 Å². The van der Waals surface area contributed by atoms with E-state index in [1.807, 2.05) is 6.92 Å². The maximum atomic E-state index is 9.82. The van der Waals surface area contributed by atoms with Crippen molar-refractivity contribution in [1.29, 1.82) is 0 Å². The Balaban J connectivity index is 2.01. The highest BCUT2D eigenvalue weighted by molar-refractivity contribution is 5.48. The van der Waals surface area contributed by atoms with Gasteiger partial charge in [0.05, 0.1) is 6.10 Å². The first-order valence-electron chi connectivity index (χ1n) is 7.62. The number of aliphatic hydroxyl groups excluding tert-OH is 1. The van der Waals surface area contributed by atoms with Crippen molar-refractivity contribution >= 4 is 5.69 Å². The molecule has 0 bridgehead atoms. The molecule has 1 fully saturated rings. The summed E-state index contributed by atoms with van der Waals surface area (Å²) in [6.45, 7) is 4.37. The molecule has 1 aromatic carbocycles. The van der Waals surface area contributed by atoms with Gasteiger partial charge in [0.25, 0.3) is 0 Å². The van der Waals surface area contributed by atoms with Crippen LogP contribution in [0.1, 0.15) is 57.6 Å². The fourth-order valence-corrected chi connectivity index (χ4v) is 3.01. The van der Waals surface area contributed by atoms with Gasteiger partial charge in [-0.05, 0) is 55.7 Å². The van der Waals surface area contributed by atoms with E-state index in [-0.39, 0.29) is 6.10 Å². The second kappa shape index (κ2) is 6.42. The molecular formula is C17H27NO. The Kier molecular flexibility index (Phi) is 4.87. The Morgan fingerprint density at radius 2 is 1.74 bits per heavy atom. The molecular weight excluding hydrogens is 234 g/mol. The minimum atomic E-state index is -0.324. The smallest absolute Gasteiger partial charge is 0.0787 e. The van der Waals surface area contributed by atoms with Gasteiger partial charge in [-0.15, -0.1) is 0 Å². The van der Waals surface area contributed by atoms with Crippen molar-refractivity contribution in [1.82, 2.24) is 0 Å². The van der Waals surface area contributed by atoms with Crippen LogP contribution in [0, 0.1) is 5.92 Å². The van der Waals surface area contributed by atoms with E-state index in [0.717, 1.165) is 17.9 Å². The minimum absolute atomic E-state index is 0.324. The quantitative estimate of drug-likeness (QED) is 0.880. The number of hydrogen-bond donors (Lipinski definition) is 1. The van der Waals surface area contributed by atoms with Gasteiger partial charge in [0, 0.05) is 18.8 Å². The van der Waals surface area contributed by atoms with E-state index < -0.39 is 0 Å². The Bertz CT molecular complexity index is 379. The van der Waals surface area contributed by atoms with E-state index in [1.54, 1.807) is 0 Å². The van der Waals surface area contributed by atoms with Crippen LogP contribution in [0.4, 0.5) is 5.69 Å². The monoisotopic (exact) mass is 261 g/mol. The molecule has 2 heteroatoms. The second-order valence-corrected chi connectivity index (χ2v) is 6.04. The summed E-state index contributed by atoms with van der Waals surface area (Å²) < 4.78 is 0. The normalized spacial score (nSPS) is 25.1. The zero-order valence-corrected chi connectivity index (χ0v) is 12.5. The molecule has 1 N–H and O–H groups in total. The van der Waals surface area contributed by atoms with E-state index in [2.05, 4.69) is 43.1 Å². The molecule has 0 aliphatic heterocycles. The zero-order chi connectivity index (χ0) is 13.8. The van der Waals surface area contributed by atoms with Gasteiger partial charge in [0.15, 0.2) is 0 Å². The van der Waals surface area contributed by atoms with Crippen LogP contribution in [0.2, 0.25) is 0 Å². The Labute approximate surface area is 117 Å². The van der Waals surface area contributed by atoms with Gasteiger partial charge in [-0.25, -0.2) is 0 Å². The highest BCUT2D eigenvalue weighted by atomic mass is 16.3. The lowest BCUT2D eigenvalue weighted by Gasteiger charge is -2.35. The summed E-state index contributed by atoms with van der Waals surface area (Å²) in [5, 5.41) is 9.82. The number of rotatable bonds is 4. The number of benzene rings is 1. The van der Waals surface area contributed by atoms with Crippen molar-refractivity contribution in [2.24, 2.45) is 5.92 Å². The van der Waals surface area contributed by atoms with Crippen LogP contribution in [-0.2, 0) is 0 Å². The first-order chi connectivity index (χ1) is 9.11. The average molecular weight is 261 g/mol. The predicted octanol–water partition coefficient (Wildman–Crippen LogP) is 4.14. The third kappa shape index (κ3) is 3.50. The molecule has 0 saturated heterocycles. The Morgan fingerprint density at radius 1 is 1.16 bits per heavy atom. The molecule has 106 valence electrons. The number of hydrogen-bond acceptors (Lipinski definition) is 2. The first-order valence-corrected chi connectivity index (χ1v) is 7.62. The predicted molar refractivity (Wildman–Crippen MR) is 81.5 cm³/mol. The van der Waals surface area contributed by atoms with Gasteiger partial charge in [-0.2, -0.15) is 0 Å². The summed E-state index contributed by atoms with van der Waals surface area (Å²) in [6.07, 6.45) is 5.75. The molecule has 2 nitrogen and oxygen atoms in total. The van der Waals surface area contributed by atoms with E-state index in [9.17, 15) is 5.11 Å². The van der Waals surface area contributed by atoms with Gasteiger partial charge in [-0.1, -0.05) is 26.0 Å². The molecule has 1 atom stereocenters. The maximum absolute atomic E-state index is 9.82. The van der Waals surface area contributed by atoms with Crippen molar-refractivity contribution < 1.29 is 5.11 Å². The van der Waals surface area contributed by atoms with Crippen LogP contribution in [0.5, 0.6) is 0 Å². The molecule has 0 heterocycles. The lowest BCUT2D eigenvalue weighted by molar-refractivity contribution is 0.173. The van der Waals surface area contributed by atoms with Crippen molar-refractivity contribution in [3.8, 4) is 0 Å². The van der Waals surface area contributed by atoms with Crippen molar-refractivity contribution in [2.45, 2.75) is 58.1 Å². The lowest BCUT2D eigenvalue weighted by atomic mass is 9.86. The number of aliphatic hydroxyl groups is 1. The summed E-state index contributed by atoms with van der Waals surface area (Å²) in [5.41, 5.74) is 2.29. The summed E-state index contributed by atoms with van der Waals surface area (Å²) in [5.74, 6) is 0.895. The molecule has 1 aromatic rings. The molecule has 1 saturated carbocycles. The summed E-state index contributed by atoms with van der Waals surface area (Å²) in [4.78, 5) is 2.41. The van der Waals surface area contributed by atoms with Crippen LogP contribution in [-0.4, -0.2) is 18.2 Å². The zero-order valence-electron chi connectivity index (χ0n) is 12.5. The van der Waals surface area contributed by atoms with E-state index in [1.165, 1.54) is 31.4 Å². The van der Waals surface area contributed by atoms with Gasteiger partial charge >= 0.3 is 0 Å². The Hall–Kier alpha value is -1.02. The van der Waals surface area contributed by atoms with Crippen molar-refractivity contribution in [3.63, 3.8) is 0 Å². The SMILES string of the molecule is CC[C@H](O)c1ccc(N(C)C2CCC(C)CC2)cc1. The highest BCUT2D eigenvalue weighted by Gasteiger charge is 2.21. The van der Waals surface area contributed by atoms with Crippen LogP contribution >= 0.6 is 0 Å². The largest absolute Gasteiger partial charge is 0.388 e. The molecule has 1 aliphatic carbocycles. The first kappa shape index (κ1) is 14.4. The standard InChI is InChI=1S/C17H27NO/c1-4-17(19)14-7-11-16(12-8-14)18(3)15-9-5-13(2)6-10-15/h7-8,11-13,15,17,19H,4-6,9-10H2,1-3H3/t13?,15?,17-/m0/s1. The van der Waals surface area contributed by atoms with Crippen LogP contribution in [0.25, 0.3) is 0 Å². The van der Waals surface area contributed by atoms with E-state index >= 15 is 0 Å².